The van der Waals surface area contributed by atoms with Crippen molar-refractivity contribution in [2.45, 2.75) is 83.5 Å². The maximum Gasteiger partial charge on any atom is 0.0115 e. The van der Waals surface area contributed by atoms with Gasteiger partial charge in [-0.2, -0.15) is 0 Å². The fourth-order valence-corrected chi connectivity index (χ4v) is 3.12. The fourth-order valence-electron chi connectivity index (χ4n) is 2.32. The van der Waals surface area contributed by atoms with Crippen LogP contribution in [0.5, 0.6) is 0 Å². The molecule has 0 aliphatic heterocycles. The van der Waals surface area contributed by atoms with Crippen molar-refractivity contribution in [2.75, 3.05) is 0 Å². The Morgan fingerprint density at radius 2 is 1.32 bits per heavy atom. The summed E-state index contributed by atoms with van der Waals surface area (Å²) in [6.07, 6.45) is 1.18. The highest BCUT2D eigenvalue weighted by molar-refractivity contribution is 7.80. The Morgan fingerprint density at radius 3 is 1.58 bits per heavy atom. The second kappa shape index (κ2) is 5.52. The van der Waals surface area contributed by atoms with Crippen molar-refractivity contribution in [1.82, 2.24) is 0 Å². The summed E-state index contributed by atoms with van der Waals surface area (Å²) >= 11 is 4.84. The summed E-state index contributed by atoms with van der Waals surface area (Å²) in [6.45, 7) is 18.2. The van der Waals surface area contributed by atoms with Gasteiger partial charge in [0.25, 0.3) is 0 Å². The van der Waals surface area contributed by atoms with Gasteiger partial charge in [-0.25, -0.2) is 0 Å². The predicted molar refractivity (Wildman–Crippen MR) is 89.8 cm³/mol. The minimum atomic E-state index is 0.139. The second-order valence-electron chi connectivity index (χ2n) is 7.77. The summed E-state index contributed by atoms with van der Waals surface area (Å²) in [6, 6.07) is 4.73. The van der Waals surface area contributed by atoms with Crippen molar-refractivity contribution in [2.24, 2.45) is 0 Å². The lowest BCUT2D eigenvalue weighted by molar-refractivity contribution is 0.542. The van der Waals surface area contributed by atoms with Crippen LogP contribution in [0, 0.1) is 0 Å². The number of benzene rings is 1. The van der Waals surface area contributed by atoms with Gasteiger partial charge in [-0.3, -0.25) is 0 Å². The molecule has 0 spiro atoms. The molecule has 0 nitrogen and oxygen atoms in total. The van der Waals surface area contributed by atoms with E-state index < -0.39 is 0 Å². The molecule has 19 heavy (non-hydrogen) atoms. The van der Waals surface area contributed by atoms with E-state index in [2.05, 4.69) is 67.5 Å². The number of rotatable bonds is 2. The van der Waals surface area contributed by atoms with E-state index in [9.17, 15) is 0 Å². The van der Waals surface area contributed by atoms with Gasteiger partial charge < -0.3 is 0 Å². The molecule has 0 amide bonds. The van der Waals surface area contributed by atoms with Crippen LogP contribution in [-0.2, 0) is 10.8 Å². The third kappa shape index (κ3) is 3.78. The van der Waals surface area contributed by atoms with Crippen LogP contribution in [0.2, 0.25) is 0 Å². The molecule has 1 rings (SSSR count). The van der Waals surface area contributed by atoms with Crippen molar-refractivity contribution in [3.63, 3.8) is 0 Å². The molecule has 0 saturated heterocycles. The van der Waals surface area contributed by atoms with Gasteiger partial charge in [-0.15, -0.1) is 12.6 Å². The lowest BCUT2D eigenvalue weighted by atomic mass is 9.78. The van der Waals surface area contributed by atoms with Crippen LogP contribution in [0.15, 0.2) is 17.0 Å². The summed E-state index contributed by atoms with van der Waals surface area (Å²) in [5, 5.41) is 0. The first-order valence-electron chi connectivity index (χ1n) is 7.36. The first-order chi connectivity index (χ1) is 8.48. The molecule has 0 saturated carbocycles. The van der Waals surface area contributed by atoms with Crippen molar-refractivity contribution < 1.29 is 0 Å². The molecule has 108 valence electrons. The first kappa shape index (κ1) is 16.6. The Hall–Kier alpha value is -0.430. The highest BCUT2D eigenvalue weighted by atomic mass is 32.1. The molecule has 0 heterocycles. The van der Waals surface area contributed by atoms with E-state index >= 15 is 0 Å². The van der Waals surface area contributed by atoms with Gasteiger partial charge in [0.1, 0.15) is 0 Å². The van der Waals surface area contributed by atoms with Crippen LogP contribution in [-0.4, -0.2) is 0 Å². The Bertz CT molecular complexity index is 409. The van der Waals surface area contributed by atoms with Gasteiger partial charge in [0.2, 0.25) is 0 Å². The second-order valence-corrected chi connectivity index (χ2v) is 8.22. The topological polar surface area (TPSA) is 0 Å². The summed E-state index contributed by atoms with van der Waals surface area (Å²) in [4.78, 5) is 1.17. The van der Waals surface area contributed by atoms with Crippen LogP contribution in [0.4, 0.5) is 0 Å². The molecule has 1 aromatic rings. The summed E-state index contributed by atoms with van der Waals surface area (Å²) in [5.74, 6) is 0.608. The first-order valence-corrected chi connectivity index (χ1v) is 7.81. The third-order valence-corrected chi connectivity index (χ3v) is 4.41. The van der Waals surface area contributed by atoms with Crippen molar-refractivity contribution in [3.05, 3.63) is 28.8 Å². The van der Waals surface area contributed by atoms with Gasteiger partial charge in [-0.1, -0.05) is 67.5 Å². The van der Waals surface area contributed by atoms with Gasteiger partial charge in [0.15, 0.2) is 0 Å². The molecule has 0 N–H and O–H groups in total. The summed E-state index contributed by atoms with van der Waals surface area (Å²) in [7, 11) is 0. The summed E-state index contributed by atoms with van der Waals surface area (Å²) < 4.78 is 0. The summed E-state index contributed by atoms with van der Waals surface area (Å²) in [5.41, 5.74) is 4.48. The number of hydrogen-bond acceptors (Lipinski definition) is 1. The standard InChI is InChI=1S/C18H30S/c1-9-12(2)13-10-14(17(3,4)5)16(19)15(11-13)18(6,7)8/h10-12,19H,9H2,1-8H3. The van der Waals surface area contributed by atoms with Crippen LogP contribution in [0.1, 0.15) is 84.4 Å². The maximum atomic E-state index is 4.84. The quantitative estimate of drug-likeness (QED) is 0.622. The average molecular weight is 279 g/mol. The molecule has 0 aliphatic rings. The van der Waals surface area contributed by atoms with Gasteiger partial charge in [0, 0.05) is 4.90 Å². The average Bonchev–Trinajstić information content (AvgIpc) is 2.25. The molecule has 1 unspecified atom stereocenters. The van der Waals surface area contributed by atoms with Gasteiger partial charge >= 0.3 is 0 Å². The maximum absolute atomic E-state index is 4.84. The minimum absolute atomic E-state index is 0.139. The van der Waals surface area contributed by atoms with Gasteiger partial charge in [0.05, 0.1) is 0 Å². The Kier molecular flexibility index (Phi) is 4.83. The molecule has 0 bridgehead atoms. The van der Waals surface area contributed by atoms with E-state index in [0.717, 1.165) is 0 Å². The lowest BCUT2D eigenvalue weighted by Crippen LogP contribution is -2.19. The molecular formula is C18H30S. The smallest absolute Gasteiger partial charge is 0.0115 e. The van der Waals surface area contributed by atoms with Gasteiger partial charge in [-0.05, 0) is 39.9 Å². The monoisotopic (exact) mass is 278 g/mol. The van der Waals surface area contributed by atoms with Crippen molar-refractivity contribution in [3.8, 4) is 0 Å². The van der Waals surface area contributed by atoms with Crippen LogP contribution >= 0.6 is 12.6 Å². The van der Waals surface area contributed by atoms with Crippen LogP contribution in [0.25, 0.3) is 0 Å². The molecular weight excluding hydrogens is 248 g/mol. The Labute approximate surface area is 125 Å². The Balaban J connectivity index is 3.57. The zero-order valence-corrected chi connectivity index (χ0v) is 14.8. The molecule has 1 atom stereocenters. The van der Waals surface area contributed by atoms with Crippen molar-refractivity contribution >= 4 is 12.6 Å². The van der Waals surface area contributed by atoms with Crippen LogP contribution in [0.3, 0.4) is 0 Å². The zero-order chi connectivity index (χ0) is 15.0. The fraction of sp³-hybridized carbons (Fsp3) is 0.667. The molecule has 0 fully saturated rings. The number of hydrogen-bond donors (Lipinski definition) is 1. The predicted octanol–water partition coefficient (Wildman–Crippen LogP) is 6.08. The minimum Gasteiger partial charge on any atom is -0.143 e. The van der Waals surface area contributed by atoms with E-state index in [1.54, 1.807) is 0 Å². The van der Waals surface area contributed by atoms with E-state index in [-0.39, 0.29) is 10.8 Å². The van der Waals surface area contributed by atoms with Crippen molar-refractivity contribution in [1.29, 1.82) is 0 Å². The molecule has 0 aliphatic carbocycles. The number of thiol groups is 1. The molecule has 1 aromatic carbocycles. The zero-order valence-electron chi connectivity index (χ0n) is 13.9. The van der Waals surface area contributed by atoms with Crippen LogP contribution < -0.4 is 0 Å². The van der Waals surface area contributed by atoms with E-state index in [1.165, 1.54) is 28.0 Å². The van der Waals surface area contributed by atoms with E-state index in [0.29, 0.717) is 5.92 Å². The highest BCUT2D eigenvalue weighted by Gasteiger charge is 2.25. The molecule has 0 aromatic heterocycles. The highest BCUT2D eigenvalue weighted by Crippen LogP contribution is 2.39. The molecule has 1 heteroatoms. The van der Waals surface area contributed by atoms with E-state index in [1.807, 2.05) is 0 Å². The van der Waals surface area contributed by atoms with E-state index in [4.69, 9.17) is 12.6 Å². The third-order valence-electron chi connectivity index (χ3n) is 3.93. The normalized spacial score (nSPS) is 14.6. The Morgan fingerprint density at radius 1 is 0.947 bits per heavy atom. The molecule has 0 radical (unpaired) electrons. The SMILES string of the molecule is CCC(C)c1cc(C(C)(C)C)c(S)c(C(C)(C)C)c1. The lowest BCUT2D eigenvalue weighted by Gasteiger charge is -2.30. The largest absolute Gasteiger partial charge is 0.143 e.